The Hall–Kier alpha value is -4.85. The minimum Gasteiger partial charge on any atom is -0.376 e. The molecule has 0 radical (unpaired) electrons. The SMILES string of the molecule is CNS(=O)c1ccc(NC(CCN(C)C)CSc2ccccc2)c([N+](=O)[O-])c1.O=Cc1ccc(N2CCN(C(c3ccccc3)c3ccccc3)CC2)cc1. The highest BCUT2D eigenvalue weighted by atomic mass is 32.2. The van der Waals surface area contributed by atoms with E-state index in [0.717, 1.165) is 61.6 Å². The van der Waals surface area contributed by atoms with Crippen LogP contribution in [-0.2, 0) is 11.0 Å². The molecule has 1 aliphatic heterocycles. The van der Waals surface area contributed by atoms with E-state index in [0.29, 0.717) is 10.6 Å². The molecule has 10 nitrogen and oxygen atoms in total. The molecular formula is C43H50N6O4S2. The number of carbonyl (C=O) groups excluding carboxylic acids is 1. The Bertz CT molecular complexity index is 1910. The normalized spacial score (nSPS) is 14.2. The van der Waals surface area contributed by atoms with E-state index in [-0.39, 0.29) is 17.8 Å². The van der Waals surface area contributed by atoms with Gasteiger partial charge in [-0.15, -0.1) is 11.8 Å². The standard InChI is InChI=1S/C24H24N2O.C19H26N4O3S2/c27-19-20-11-13-23(14-12-20)25-15-17-26(18-16-25)24(21-7-3-1-4-8-21)22-9-5-2-6-10-22;1-20-28(26)17-9-10-18(19(13-17)23(24)25)21-15(11-12-22(2)3)14-27-16-7-5-4-6-8-16/h1-14,19,24H,15-18H2;4-10,13,15,20-21H,11-12,14H2,1-3H3. The monoisotopic (exact) mass is 778 g/mol. The van der Waals surface area contributed by atoms with Crippen LogP contribution in [0.1, 0.15) is 33.9 Å². The molecule has 0 aliphatic carbocycles. The smallest absolute Gasteiger partial charge is 0.293 e. The molecule has 0 bridgehead atoms. The highest BCUT2D eigenvalue weighted by Crippen LogP contribution is 2.31. The molecule has 2 N–H and O–H groups in total. The summed E-state index contributed by atoms with van der Waals surface area (Å²) in [6, 6.07) is 44.5. The third kappa shape index (κ3) is 12.3. The van der Waals surface area contributed by atoms with Crippen LogP contribution in [-0.4, -0.2) is 90.9 Å². The quantitative estimate of drug-likeness (QED) is 0.0449. The summed E-state index contributed by atoms with van der Waals surface area (Å²) in [5.74, 6) is 0.777. The third-order valence-electron chi connectivity index (χ3n) is 9.35. The van der Waals surface area contributed by atoms with E-state index in [4.69, 9.17) is 0 Å². The molecule has 2 unspecified atom stereocenters. The molecule has 1 heterocycles. The summed E-state index contributed by atoms with van der Waals surface area (Å²) >= 11 is 1.72. The predicted molar refractivity (Wildman–Crippen MR) is 227 cm³/mol. The lowest BCUT2D eigenvalue weighted by Gasteiger charge is -2.40. The maximum Gasteiger partial charge on any atom is 0.293 e. The van der Waals surface area contributed by atoms with E-state index in [9.17, 15) is 19.1 Å². The zero-order valence-corrected chi connectivity index (χ0v) is 33.3. The fourth-order valence-electron chi connectivity index (χ4n) is 6.45. The Morgan fingerprint density at radius 2 is 1.42 bits per heavy atom. The van der Waals surface area contributed by atoms with Gasteiger partial charge in [0.2, 0.25) is 0 Å². The number of anilines is 2. The molecule has 5 aromatic rings. The van der Waals surface area contributed by atoms with Gasteiger partial charge in [0.05, 0.1) is 15.9 Å². The Labute approximate surface area is 331 Å². The molecule has 1 saturated heterocycles. The Kier molecular flexibility index (Phi) is 16.0. The molecule has 288 valence electrons. The van der Waals surface area contributed by atoms with E-state index in [1.165, 1.54) is 22.9 Å². The highest BCUT2D eigenvalue weighted by molar-refractivity contribution is 7.99. The van der Waals surface area contributed by atoms with Crippen molar-refractivity contribution in [1.82, 2.24) is 14.5 Å². The molecule has 1 aliphatic rings. The van der Waals surface area contributed by atoms with Crippen LogP contribution in [0, 0.1) is 10.1 Å². The van der Waals surface area contributed by atoms with Crippen molar-refractivity contribution in [3.05, 3.63) is 160 Å². The van der Waals surface area contributed by atoms with Crippen LogP contribution in [0.15, 0.2) is 143 Å². The average molecular weight is 779 g/mol. The second-order valence-electron chi connectivity index (χ2n) is 13.4. The van der Waals surface area contributed by atoms with Crippen molar-refractivity contribution in [1.29, 1.82) is 0 Å². The predicted octanol–water partition coefficient (Wildman–Crippen LogP) is 7.77. The summed E-state index contributed by atoms with van der Waals surface area (Å²) in [5.41, 5.74) is 4.97. The van der Waals surface area contributed by atoms with Crippen LogP contribution in [0.25, 0.3) is 0 Å². The number of piperazine rings is 1. The number of benzene rings is 5. The minimum atomic E-state index is -1.47. The van der Waals surface area contributed by atoms with E-state index >= 15 is 0 Å². The van der Waals surface area contributed by atoms with Gasteiger partial charge in [-0.3, -0.25) is 19.8 Å². The van der Waals surface area contributed by atoms with Gasteiger partial charge in [-0.1, -0.05) is 78.9 Å². The van der Waals surface area contributed by atoms with Crippen molar-refractivity contribution in [3.8, 4) is 0 Å². The maximum atomic E-state index is 11.9. The van der Waals surface area contributed by atoms with Crippen LogP contribution < -0.4 is 14.9 Å². The van der Waals surface area contributed by atoms with E-state index in [1.54, 1.807) is 30.9 Å². The Balaban J connectivity index is 0.000000211. The van der Waals surface area contributed by atoms with E-state index in [2.05, 4.69) is 97.5 Å². The molecule has 0 amide bonds. The first-order valence-corrected chi connectivity index (χ1v) is 20.5. The highest BCUT2D eigenvalue weighted by Gasteiger charge is 2.26. The lowest BCUT2D eigenvalue weighted by molar-refractivity contribution is -0.384. The van der Waals surface area contributed by atoms with Gasteiger partial charge in [-0.25, -0.2) is 8.93 Å². The second-order valence-corrected chi connectivity index (χ2v) is 15.9. The number of thioether (sulfide) groups is 1. The lowest BCUT2D eigenvalue weighted by atomic mass is 9.96. The van der Waals surface area contributed by atoms with E-state index in [1.807, 2.05) is 56.6 Å². The zero-order chi connectivity index (χ0) is 39.0. The van der Waals surface area contributed by atoms with Crippen LogP contribution in [0.2, 0.25) is 0 Å². The second kappa shape index (κ2) is 21.3. The van der Waals surface area contributed by atoms with Gasteiger partial charge in [-0.05, 0) is 93.8 Å². The summed E-state index contributed by atoms with van der Waals surface area (Å²) in [4.78, 5) is 30.6. The fourth-order valence-corrected chi connectivity index (χ4v) is 8.09. The molecule has 1 fully saturated rings. The first-order valence-electron chi connectivity index (χ1n) is 18.4. The molecular weight excluding hydrogens is 729 g/mol. The maximum absolute atomic E-state index is 11.9. The fraction of sp³-hybridized carbons (Fsp3) is 0.279. The number of nitrogens with one attached hydrogen (secondary N) is 2. The molecule has 12 heteroatoms. The molecule has 6 rings (SSSR count). The first-order chi connectivity index (χ1) is 26.7. The Morgan fingerprint density at radius 3 is 1.95 bits per heavy atom. The average Bonchev–Trinajstić information content (AvgIpc) is 3.23. The van der Waals surface area contributed by atoms with Crippen molar-refractivity contribution in [2.24, 2.45) is 0 Å². The van der Waals surface area contributed by atoms with Crippen LogP contribution in [0.3, 0.4) is 0 Å². The summed E-state index contributed by atoms with van der Waals surface area (Å²) in [6.45, 7) is 4.84. The van der Waals surface area contributed by atoms with Gasteiger partial charge in [0.15, 0.2) is 0 Å². The molecule has 0 aromatic heterocycles. The largest absolute Gasteiger partial charge is 0.376 e. The number of nitro benzene ring substituents is 1. The number of nitrogens with zero attached hydrogens (tertiary/aromatic N) is 4. The lowest BCUT2D eigenvalue weighted by Crippen LogP contribution is -2.48. The van der Waals surface area contributed by atoms with Gasteiger partial charge in [0.25, 0.3) is 5.69 Å². The van der Waals surface area contributed by atoms with Crippen molar-refractivity contribution in [2.75, 3.05) is 69.8 Å². The summed E-state index contributed by atoms with van der Waals surface area (Å²) in [5, 5.41) is 14.9. The first kappa shape index (κ1) is 41.3. The number of hydrogen-bond donors (Lipinski definition) is 2. The van der Waals surface area contributed by atoms with Gasteiger partial charge >= 0.3 is 0 Å². The van der Waals surface area contributed by atoms with Crippen molar-refractivity contribution < 1.29 is 13.9 Å². The number of aldehydes is 1. The number of hydrogen-bond acceptors (Lipinski definition) is 9. The summed E-state index contributed by atoms with van der Waals surface area (Å²) < 4.78 is 14.5. The summed E-state index contributed by atoms with van der Waals surface area (Å²) in [7, 11) is 4.09. The van der Waals surface area contributed by atoms with Crippen LogP contribution >= 0.6 is 11.8 Å². The summed E-state index contributed by atoms with van der Waals surface area (Å²) in [6.07, 6.45) is 1.74. The number of rotatable bonds is 16. The van der Waals surface area contributed by atoms with Crippen molar-refractivity contribution >= 4 is 46.1 Å². The van der Waals surface area contributed by atoms with Crippen molar-refractivity contribution in [3.63, 3.8) is 0 Å². The molecule has 55 heavy (non-hydrogen) atoms. The van der Waals surface area contributed by atoms with Crippen LogP contribution in [0.4, 0.5) is 17.1 Å². The van der Waals surface area contributed by atoms with E-state index < -0.39 is 15.9 Å². The Morgan fingerprint density at radius 1 is 0.836 bits per heavy atom. The van der Waals surface area contributed by atoms with Gasteiger partial charge < -0.3 is 15.1 Å². The molecule has 0 saturated carbocycles. The number of carbonyl (C=O) groups is 1. The van der Waals surface area contributed by atoms with Gasteiger partial charge in [-0.2, -0.15) is 0 Å². The minimum absolute atomic E-state index is 0.0481. The molecule has 5 aromatic carbocycles. The number of nitro groups is 1. The molecule has 0 spiro atoms. The van der Waals surface area contributed by atoms with Gasteiger partial charge in [0, 0.05) is 60.2 Å². The van der Waals surface area contributed by atoms with Crippen molar-refractivity contribution in [2.45, 2.75) is 28.3 Å². The van der Waals surface area contributed by atoms with Crippen LogP contribution in [0.5, 0.6) is 0 Å². The third-order valence-corrected chi connectivity index (χ3v) is 11.6. The zero-order valence-electron chi connectivity index (χ0n) is 31.6. The topological polar surface area (TPSA) is 111 Å². The van der Waals surface area contributed by atoms with Gasteiger partial charge in [0.1, 0.15) is 23.0 Å². The molecule has 2 atom stereocenters.